The summed E-state index contributed by atoms with van der Waals surface area (Å²) >= 11 is 1.34. The molecule has 0 unspecified atom stereocenters. The van der Waals surface area contributed by atoms with Gasteiger partial charge < -0.3 is 0 Å². The number of imidazole rings is 1. The van der Waals surface area contributed by atoms with Crippen LogP contribution in [0.15, 0.2) is 53.5 Å². The van der Waals surface area contributed by atoms with Gasteiger partial charge in [-0.3, -0.25) is 9.59 Å². The number of carbonyl (C=O) groups is 1. The molecule has 0 radical (unpaired) electrons. The lowest BCUT2D eigenvalue weighted by Gasteiger charge is -1.98. The lowest BCUT2D eigenvalue weighted by atomic mass is 10.1. The van der Waals surface area contributed by atoms with Gasteiger partial charge in [-0.15, -0.1) is 0 Å². The van der Waals surface area contributed by atoms with Gasteiger partial charge in [0.25, 0.3) is 5.56 Å². The molecule has 0 aliphatic rings. The molecule has 0 atom stereocenters. The maximum absolute atomic E-state index is 13.2. The predicted molar refractivity (Wildman–Crippen MR) is 119 cm³/mol. The van der Waals surface area contributed by atoms with Crippen molar-refractivity contribution in [3.05, 3.63) is 80.2 Å². The van der Waals surface area contributed by atoms with Gasteiger partial charge in [0.2, 0.25) is 5.91 Å². The third kappa shape index (κ3) is 2.86. The van der Waals surface area contributed by atoms with E-state index in [0.717, 1.165) is 33.3 Å². The normalized spacial score (nSPS) is 12.3. The molecule has 0 N–H and O–H groups in total. The second-order valence-electron chi connectivity index (χ2n) is 7.36. The van der Waals surface area contributed by atoms with E-state index in [-0.39, 0.29) is 11.5 Å². The van der Waals surface area contributed by atoms with Gasteiger partial charge in [0.05, 0.1) is 15.6 Å². The Bertz CT molecular complexity index is 1560. The van der Waals surface area contributed by atoms with Crippen LogP contribution < -0.4 is 10.1 Å². The van der Waals surface area contributed by atoms with Crippen molar-refractivity contribution in [1.29, 1.82) is 0 Å². The zero-order valence-electron chi connectivity index (χ0n) is 16.7. The van der Waals surface area contributed by atoms with Crippen molar-refractivity contribution in [3.63, 3.8) is 0 Å². The molecular formula is C23H18N4O2S. The van der Waals surface area contributed by atoms with Gasteiger partial charge in [0.1, 0.15) is 5.69 Å². The van der Waals surface area contributed by atoms with Crippen molar-refractivity contribution >= 4 is 39.3 Å². The minimum atomic E-state index is -0.188. The van der Waals surface area contributed by atoms with Crippen LogP contribution in [0.2, 0.25) is 0 Å². The average Bonchev–Trinajstić information content (AvgIpc) is 3.37. The largest absolute Gasteiger partial charge is 0.274 e. The van der Waals surface area contributed by atoms with E-state index in [0.29, 0.717) is 15.2 Å². The average molecular weight is 414 g/mol. The zero-order chi connectivity index (χ0) is 21.0. The Morgan fingerprint density at radius 1 is 1.13 bits per heavy atom. The number of aryl methyl sites for hydroxylation is 2. The van der Waals surface area contributed by atoms with Crippen molar-refractivity contribution in [1.82, 2.24) is 19.2 Å². The lowest BCUT2D eigenvalue weighted by Crippen LogP contribution is -2.22. The third-order valence-electron chi connectivity index (χ3n) is 5.08. The predicted octanol–water partition coefficient (Wildman–Crippen LogP) is 3.60. The first-order chi connectivity index (χ1) is 14.4. The highest BCUT2D eigenvalue weighted by atomic mass is 32.1. The Kier molecular flexibility index (Phi) is 4.15. The van der Waals surface area contributed by atoms with Crippen molar-refractivity contribution in [2.75, 3.05) is 0 Å². The fraction of sp³-hybridized carbons (Fsp3) is 0.130. The smallest absolute Gasteiger partial charge is 0.273 e. The van der Waals surface area contributed by atoms with Crippen LogP contribution in [0.1, 0.15) is 28.4 Å². The molecule has 0 aliphatic carbocycles. The molecule has 0 fully saturated rings. The zero-order valence-corrected chi connectivity index (χ0v) is 17.5. The maximum Gasteiger partial charge on any atom is 0.274 e. The second kappa shape index (κ2) is 6.74. The lowest BCUT2D eigenvalue weighted by molar-refractivity contribution is 0.0921. The highest BCUT2D eigenvalue weighted by Gasteiger charge is 2.15. The Hall–Kier alpha value is -3.58. The molecule has 0 spiro atoms. The SMILES string of the molecule is CC(=O)n1cc(C=c2sc3nc4c(C)cc(C)cc4n3c2=O)c(-c2ccccc2)n1. The Labute approximate surface area is 175 Å². The molecule has 5 rings (SSSR count). The summed E-state index contributed by atoms with van der Waals surface area (Å²) in [4.78, 5) is 30.5. The first kappa shape index (κ1) is 18.4. The fourth-order valence-corrected chi connectivity index (χ4v) is 4.70. The van der Waals surface area contributed by atoms with Gasteiger partial charge >= 0.3 is 0 Å². The fourth-order valence-electron chi connectivity index (χ4n) is 3.73. The van der Waals surface area contributed by atoms with Crippen molar-refractivity contribution in [2.24, 2.45) is 0 Å². The molecular weight excluding hydrogens is 396 g/mol. The molecule has 7 heteroatoms. The summed E-state index contributed by atoms with van der Waals surface area (Å²) in [5.74, 6) is -0.188. The molecule has 0 bridgehead atoms. The van der Waals surface area contributed by atoms with Crippen molar-refractivity contribution < 1.29 is 4.79 Å². The number of fused-ring (bicyclic) bond motifs is 3. The minimum Gasteiger partial charge on any atom is -0.273 e. The number of carbonyl (C=O) groups excluding carboxylic acids is 1. The summed E-state index contributed by atoms with van der Waals surface area (Å²) in [5.41, 5.74) is 5.97. The second-order valence-corrected chi connectivity index (χ2v) is 8.37. The standard InChI is InChI=1S/C23H18N4O2S/c1-13-9-14(2)20-18(10-13)27-22(29)19(30-23(27)24-20)11-17-12-26(15(3)28)25-21(17)16-7-5-4-6-8-16/h4-12H,1-3H3. The molecule has 3 heterocycles. The van der Waals surface area contributed by atoms with Gasteiger partial charge in [-0.1, -0.05) is 47.7 Å². The highest BCUT2D eigenvalue weighted by Crippen LogP contribution is 2.24. The summed E-state index contributed by atoms with van der Waals surface area (Å²) in [6.45, 7) is 5.48. The molecule has 0 saturated heterocycles. The molecule has 2 aromatic carbocycles. The summed E-state index contributed by atoms with van der Waals surface area (Å²) in [6.07, 6.45) is 3.46. The molecule has 0 aliphatic heterocycles. The van der Waals surface area contributed by atoms with E-state index in [1.165, 1.54) is 22.9 Å². The van der Waals surface area contributed by atoms with Gasteiger partial charge in [0, 0.05) is 24.2 Å². The van der Waals surface area contributed by atoms with E-state index in [9.17, 15) is 9.59 Å². The monoisotopic (exact) mass is 414 g/mol. The summed E-state index contributed by atoms with van der Waals surface area (Å²) in [6, 6.07) is 13.7. The van der Waals surface area contributed by atoms with E-state index in [4.69, 9.17) is 0 Å². The molecule has 0 amide bonds. The van der Waals surface area contributed by atoms with Crippen LogP contribution in [0.5, 0.6) is 0 Å². The van der Waals surface area contributed by atoms with E-state index >= 15 is 0 Å². The minimum absolute atomic E-state index is 0.114. The molecule has 0 saturated carbocycles. The first-order valence-corrected chi connectivity index (χ1v) is 10.3. The van der Waals surface area contributed by atoms with Crippen LogP contribution in [0.3, 0.4) is 0 Å². The third-order valence-corrected chi connectivity index (χ3v) is 6.05. The van der Waals surface area contributed by atoms with E-state index < -0.39 is 0 Å². The number of nitrogens with zero attached hydrogens (tertiary/aromatic N) is 4. The van der Waals surface area contributed by atoms with Gasteiger partial charge in [-0.25, -0.2) is 14.1 Å². The maximum atomic E-state index is 13.2. The number of rotatable bonds is 2. The molecule has 30 heavy (non-hydrogen) atoms. The van der Waals surface area contributed by atoms with Crippen LogP contribution >= 0.6 is 11.3 Å². The van der Waals surface area contributed by atoms with Gasteiger partial charge in [-0.05, 0) is 37.1 Å². The van der Waals surface area contributed by atoms with E-state index in [1.807, 2.05) is 50.2 Å². The number of thiazole rings is 1. The van der Waals surface area contributed by atoms with Crippen LogP contribution in [-0.4, -0.2) is 25.1 Å². The topological polar surface area (TPSA) is 69.3 Å². The number of hydrogen-bond donors (Lipinski definition) is 0. The Morgan fingerprint density at radius 3 is 2.63 bits per heavy atom. The Morgan fingerprint density at radius 2 is 1.90 bits per heavy atom. The Balaban J connectivity index is 1.77. The van der Waals surface area contributed by atoms with Gasteiger partial charge in [0.15, 0.2) is 4.96 Å². The number of aromatic nitrogens is 4. The summed E-state index contributed by atoms with van der Waals surface area (Å²) in [7, 11) is 0. The molecule has 3 aromatic heterocycles. The summed E-state index contributed by atoms with van der Waals surface area (Å²) in [5, 5.41) is 4.44. The van der Waals surface area contributed by atoms with E-state index in [1.54, 1.807) is 16.7 Å². The summed E-state index contributed by atoms with van der Waals surface area (Å²) < 4.78 is 3.53. The van der Waals surface area contributed by atoms with Crippen molar-refractivity contribution in [2.45, 2.75) is 20.8 Å². The number of hydrogen-bond acceptors (Lipinski definition) is 5. The quantitative estimate of drug-likeness (QED) is 0.443. The van der Waals surface area contributed by atoms with Crippen molar-refractivity contribution in [3.8, 4) is 11.3 Å². The van der Waals surface area contributed by atoms with Crippen LogP contribution in [0.4, 0.5) is 0 Å². The molecule has 6 nitrogen and oxygen atoms in total. The first-order valence-electron chi connectivity index (χ1n) is 9.52. The highest BCUT2D eigenvalue weighted by molar-refractivity contribution is 7.15. The molecule has 5 aromatic rings. The van der Waals surface area contributed by atoms with E-state index in [2.05, 4.69) is 16.1 Å². The van der Waals surface area contributed by atoms with Gasteiger partial charge in [-0.2, -0.15) is 5.10 Å². The van der Waals surface area contributed by atoms with Crippen LogP contribution in [0.25, 0.3) is 33.3 Å². The number of benzene rings is 2. The molecule has 148 valence electrons. The van der Waals surface area contributed by atoms with Crippen LogP contribution in [0, 0.1) is 13.8 Å². The van der Waals surface area contributed by atoms with Crippen LogP contribution in [-0.2, 0) is 0 Å².